The van der Waals surface area contributed by atoms with Crippen LogP contribution in [0.1, 0.15) is 10.4 Å². The highest BCUT2D eigenvalue weighted by atomic mass is 16.5. The zero-order valence-corrected chi connectivity index (χ0v) is 13.9. The van der Waals surface area contributed by atoms with Crippen molar-refractivity contribution in [3.05, 3.63) is 35.9 Å². The predicted molar refractivity (Wildman–Crippen MR) is 88.6 cm³/mol. The molecule has 0 aliphatic carbocycles. The zero-order valence-electron chi connectivity index (χ0n) is 13.9. The molecule has 0 amide bonds. The number of rotatable bonds is 9. The maximum Gasteiger partial charge on any atom is 0.338 e. The normalized spacial score (nSPS) is 11.5. The first kappa shape index (κ1) is 23.4. The lowest BCUT2D eigenvalue weighted by Crippen LogP contribution is -2.51. The SMILES string of the molecule is NC(CO)(CO)COC(=O)c1ccccc1.OCC(CO)(CO)CO. The smallest absolute Gasteiger partial charge is 0.338 e. The molecule has 0 saturated heterocycles. The largest absolute Gasteiger partial charge is 0.460 e. The van der Waals surface area contributed by atoms with Gasteiger partial charge in [-0.15, -0.1) is 0 Å². The van der Waals surface area contributed by atoms with Crippen LogP contribution in [0, 0.1) is 5.41 Å². The van der Waals surface area contributed by atoms with Gasteiger partial charge in [-0.05, 0) is 12.1 Å². The zero-order chi connectivity index (χ0) is 19.3. The molecule has 0 aromatic heterocycles. The van der Waals surface area contributed by atoms with Gasteiger partial charge in [0.2, 0.25) is 0 Å². The van der Waals surface area contributed by atoms with Crippen molar-refractivity contribution in [1.82, 2.24) is 0 Å². The number of nitrogens with two attached hydrogens (primary N) is 1. The van der Waals surface area contributed by atoms with Crippen LogP contribution in [0.2, 0.25) is 0 Å². The lowest BCUT2D eigenvalue weighted by Gasteiger charge is -2.23. The number of aliphatic hydroxyl groups excluding tert-OH is 6. The fraction of sp³-hybridized carbons (Fsp3) is 0.562. The minimum Gasteiger partial charge on any atom is -0.460 e. The summed E-state index contributed by atoms with van der Waals surface area (Å²) in [5.74, 6) is -0.530. The van der Waals surface area contributed by atoms with Gasteiger partial charge in [-0.1, -0.05) is 18.2 Å². The van der Waals surface area contributed by atoms with Crippen molar-refractivity contribution in [1.29, 1.82) is 0 Å². The summed E-state index contributed by atoms with van der Waals surface area (Å²) < 4.78 is 4.89. The molecule has 1 rings (SSSR count). The number of benzene rings is 1. The van der Waals surface area contributed by atoms with Crippen LogP contribution in [-0.2, 0) is 4.74 Å². The maximum absolute atomic E-state index is 11.5. The molecule has 144 valence electrons. The van der Waals surface area contributed by atoms with Gasteiger partial charge in [-0.3, -0.25) is 0 Å². The molecule has 9 nitrogen and oxygen atoms in total. The fourth-order valence-electron chi connectivity index (χ4n) is 1.31. The van der Waals surface area contributed by atoms with Gasteiger partial charge >= 0.3 is 5.97 Å². The van der Waals surface area contributed by atoms with Crippen LogP contribution < -0.4 is 5.73 Å². The van der Waals surface area contributed by atoms with Crippen LogP contribution in [0.5, 0.6) is 0 Å². The van der Waals surface area contributed by atoms with Crippen LogP contribution in [0.4, 0.5) is 0 Å². The summed E-state index contributed by atoms with van der Waals surface area (Å²) in [6.07, 6.45) is 0. The van der Waals surface area contributed by atoms with Crippen LogP contribution >= 0.6 is 0 Å². The van der Waals surface area contributed by atoms with Crippen LogP contribution in [0.3, 0.4) is 0 Å². The highest BCUT2D eigenvalue weighted by Crippen LogP contribution is 2.11. The third-order valence-corrected chi connectivity index (χ3v) is 3.47. The molecule has 0 atom stereocenters. The minimum atomic E-state index is -1.29. The molecule has 9 heteroatoms. The molecule has 0 spiro atoms. The van der Waals surface area contributed by atoms with Gasteiger partial charge in [0.25, 0.3) is 0 Å². The second kappa shape index (κ2) is 11.9. The third kappa shape index (κ3) is 7.88. The molecule has 0 aliphatic heterocycles. The summed E-state index contributed by atoms with van der Waals surface area (Å²) in [6, 6.07) is 8.43. The Morgan fingerprint density at radius 1 is 0.840 bits per heavy atom. The molecule has 25 heavy (non-hydrogen) atoms. The summed E-state index contributed by atoms with van der Waals surface area (Å²) in [5.41, 5.74) is 3.55. The first-order valence-electron chi connectivity index (χ1n) is 7.52. The lowest BCUT2D eigenvalue weighted by atomic mass is 9.93. The topological polar surface area (TPSA) is 174 Å². The van der Waals surface area contributed by atoms with Crippen molar-refractivity contribution in [2.24, 2.45) is 11.1 Å². The number of ether oxygens (including phenoxy) is 1. The Bertz CT molecular complexity index is 457. The van der Waals surface area contributed by atoms with E-state index in [-0.39, 0.29) is 6.61 Å². The number of carbonyl (C=O) groups excluding carboxylic acids is 1. The fourth-order valence-corrected chi connectivity index (χ4v) is 1.31. The Morgan fingerprint density at radius 2 is 1.28 bits per heavy atom. The Labute approximate surface area is 145 Å². The molecule has 0 radical (unpaired) electrons. The van der Waals surface area contributed by atoms with Gasteiger partial charge in [-0.2, -0.15) is 0 Å². The predicted octanol–water partition coefficient (Wildman–Crippen LogP) is -2.53. The third-order valence-electron chi connectivity index (χ3n) is 3.47. The molecule has 0 fully saturated rings. The van der Waals surface area contributed by atoms with Crippen LogP contribution in [0.25, 0.3) is 0 Å². The Morgan fingerprint density at radius 3 is 1.60 bits per heavy atom. The highest BCUT2D eigenvalue weighted by molar-refractivity contribution is 5.89. The van der Waals surface area contributed by atoms with E-state index in [1.807, 2.05) is 0 Å². The minimum absolute atomic E-state index is 0.228. The first-order chi connectivity index (χ1) is 11.9. The number of aliphatic hydroxyl groups is 6. The van der Waals surface area contributed by atoms with Gasteiger partial charge in [0.1, 0.15) is 6.61 Å². The van der Waals surface area contributed by atoms with Gasteiger partial charge in [0.05, 0.1) is 56.2 Å². The second-order valence-corrected chi connectivity index (χ2v) is 5.75. The summed E-state index contributed by atoms with van der Waals surface area (Å²) in [7, 11) is 0. The van der Waals surface area contributed by atoms with E-state index < -0.39 is 56.6 Å². The Kier molecular flexibility index (Phi) is 11.1. The van der Waals surface area contributed by atoms with Gasteiger partial charge in [0, 0.05) is 0 Å². The van der Waals surface area contributed by atoms with Crippen molar-refractivity contribution in [2.45, 2.75) is 5.54 Å². The Hall–Kier alpha value is -1.59. The summed E-state index contributed by atoms with van der Waals surface area (Å²) in [4.78, 5) is 11.5. The molecule has 1 aromatic carbocycles. The molecule has 0 aliphatic rings. The molecular weight excluding hydrogens is 334 g/mol. The molecule has 0 bridgehead atoms. The summed E-state index contributed by atoms with van der Waals surface area (Å²) in [6.45, 7) is -2.76. The lowest BCUT2D eigenvalue weighted by molar-refractivity contribution is -0.0328. The van der Waals surface area contributed by atoms with E-state index in [9.17, 15) is 4.79 Å². The second-order valence-electron chi connectivity index (χ2n) is 5.75. The van der Waals surface area contributed by atoms with E-state index in [0.29, 0.717) is 5.56 Å². The van der Waals surface area contributed by atoms with Gasteiger partial charge in [0.15, 0.2) is 0 Å². The molecule has 0 saturated carbocycles. The van der Waals surface area contributed by atoms with E-state index in [0.717, 1.165) is 0 Å². The average molecular weight is 361 g/mol. The van der Waals surface area contributed by atoms with E-state index in [1.54, 1.807) is 30.3 Å². The van der Waals surface area contributed by atoms with Crippen molar-refractivity contribution in [3.63, 3.8) is 0 Å². The maximum atomic E-state index is 11.5. The van der Waals surface area contributed by atoms with E-state index in [4.69, 9.17) is 41.1 Å². The van der Waals surface area contributed by atoms with Gasteiger partial charge < -0.3 is 41.1 Å². The number of hydrogen-bond acceptors (Lipinski definition) is 9. The molecule has 1 aromatic rings. The molecular formula is C16H27NO8. The molecule has 0 unspecified atom stereocenters. The molecule has 0 heterocycles. The van der Waals surface area contributed by atoms with Crippen molar-refractivity contribution in [2.75, 3.05) is 46.2 Å². The molecule has 8 N–H and O–H groups in total. The van der Waals surface area contributed by atoms with Crippen molar-refractivity contribution in [3.8, 4) is 0 Å². The number of carbonyl (C=O) groups is 1. The summed E-state index contributed by atoms with van der Waals surface area (Å²) >= 11 is 0. The van der Waals surface area contributed by atoms with Crippen LogP contribution in [-0.4, -0.2) is 88.4 Å². The standard InChI is InChI=1S/C11H15NO4.C5H12O4/c12-11(6-13,7-14)8-16-10(15)9-4-2-1-3-5-9;6-1-5(2-7,3-8)4-9/h1-5,13-14H,6-8,12H2;6-9H,1-4H2. The Balaban J connectivity index is 0.000000547. The van der Waals surface area contributed by atoms with E-state index in [2.05, 4.69) is 0 Å². The number of esters is 1. The van der Waals surface area contributed by atoms with Gasteiger partial charge in [-0.25, -0.2) is 4.79 Å². The number of hydrogen-bond donors (Lipinski definition) is 7. The first-order valence-corrected chi connectivity index (χ1v) is 7.52. The average Bonchev–Trinajstić information content (AvgIpc) is 2.69. The highest BCUT2D eigenvalue weighted by Gasteiger charge is 2.26. The van der Waals surface area contributed by atoms with E-state index in [1.165, 1.54) is 0 Å². The quantitative estimate of drug-likeness (QED) is 0.234. The summed E-state index contributed by atoms with van der Waals surface area (Å²) in [5, 5.41) is 51.8. The van der Waals surface area contributed by atoms with Crippen LogP contribution in [0.15, 0.2) is 30.3 Å². The van der Waals surface area contributed by atoms with Crippen molar-refractivity contribution < 1.29 is 40.2 Å². The van der Waals surface area contributed by atoms with Crippen molar-refractivity contribution >= 4 is 5.97 Å². The monoisotopic (exact) mass is 361 g/mol. The van der Waals surface area contributed by atoms with E-state index >= 15 is 0 Å².